The minimum Gasteiger partial charge on any atom is -0.365 e. The van der Waals surface area contributed by atoms with Crippen LogP contribution in [-0.4, -0.2) is 22.5 Å². The van der Waals surface area contributed by atoms with Gasteiger partial charge >= 0.3 is 6.18 Å². The zero-order valence-electron chi connectivity index (χ0n) is 9.61. The second-order valence-corrected chi connectivity index (χ2v) is 4.69. The average Bonchev–Trinajstić information content (AvgIpc) is 2.27. The molecule has 1 atom stereocenters. The number of benzene rings is 1. The van der Waals surface area contributed by atoms with Crippen LogP contribution in [0.3, 0.4) is 0 Å². The Morgan fingerprint density at radius 1 is 1.17 bits per heavy atom. The summed E-state index contributed by atoms with van der Waals surface area (Å²) in [6, 6.07) is 4.62. The van der Waals surface area contributed by atoms with E-state index in [0.29, 0.717) is 12.1 Å². The topological polar surface area (TPSA) is 57.1 Å². The molecule has 6 heteroatoms. The molecule has 4 N–H and O–H groups in total. The van der Waals surface area contributed by atoms with E-state index in [1.807, 2.05) is 5.32 Å². The van der Waals surface area contributed by atoms with E-state index < -0.39 is 17.5 Å². The number of nitrogens with two attached hydrogens (primary N) is 1. The van der Waals surface area contributed by atoms with Gasteiger partial charge in [-0.1, -0.05) is 12.1 Å². The van der Waals surface area contributed by atoms with Crippen LogP contribution in [0.5, 0.6) is 0 Å². The van der Waals surface area contributed by atoms with E-state index in [2.05, 4.69) is 0 Å². The van der Waals surface area contributed by atoms with Crippen molar-refractivity contribution in [2.24, 2.45) is 0 Å². The number of hydrogen-bond acceptors (Lipinski definition) is 2. The molecule has 1 heterocycles. The van der Waals surface area contributed by atoms with Crippen molar-refractivity contribution in [2.75, 3.05) is 6.54 Å². The molecule has 100 valence electrons. The van der Waals surface area contributed by atoms with Gasteiger partial charge in [-0.05, 0) is 12.1 Å². The normalized spacial score (nSPS) is 23.9. The molecule has 0 amide bonds. The van der Waals surface area contributed by atoms with Crippen molar-refractivity contribution >= 4 is 0 Å². The highest BCUT2D eigenvalue weighted by molar-refractivity contribution is 5.26. The monoisotopic (exact) mass is 262 g/mol. The molecular formula is C12H15F3NO2+. The molecule has 0 bridgehead atoms. The van der Waals surface area contributed by atoms with Crippen LogP contribution in [0.15, 0.2) is 24.3 Å². The quantitative estimate of drug-likeness (QED) is 0.655. The lowest BCUT2D eigenvalue weighted by molar-refractivity contribution is -0.714. The lowest BCUT2D eigenvalue weighted by Gasteiger charge is -2.31. The standard InChI is InChI=1S/C12H14F3NO2/c13-12(14,15)9-3-1-8(2-4-9)10-7-11(17,18)5-6-16-10/h1-4,10,16-18H,5-7H2/p+1. The molecule has 1 aromatic carbocycles. The average molecular weight is 262 g/mol. The van der Waals surface area contributed by atoms with Gasteiger partial charge in [0.05, 0.1) is 24.9 Å². The van der Waals surface area contributed by atoms with Gasteiger partial charge in [0.25, 0.3) is 0 Å². The molecule has 1 aliphatic heterocycles. The van der Waals surface area contributed by atoms with Crippen LogP contribution < -0.4 is 5.32 Å². The van der Waals surface area contributed by atoms with Gasteiger partial charge in [0.15, 0.2) is 5.79 Å². The third kappa shape index (κ3) is 3.01. The van der Waals surface area contributed by atoms with Crippen molar-refractivity contribution in [3.05, 3.63) is 35.4 Å². The number of rotatable bonds is 1. The van der Waals surface area contributed by atoms with Crippen molar-refractivity contribution in [1.82, 2.24) is 0 Å². The second-order valence-electron chi connectivity index (χ2n) is 4.69. The molecular weight excluding hydrogens is 247 g/mol. The minimum atomic E-state index is -4.34. The summed E-state index contributed by atoms with van der Waals surface area (Å²) < 4.78 is 37.2. The maximum absolute atomic E-state index is 12.4. The zero-order chi connectivity index (χ0) is 13.4. The van der Waals surface area contributed by atoms with Crippen LogP contribution in [0.2, 0.25) is 0 Å². The summed E-state index contributed by atoms with van der Waals surface area (Å²) in [6.07, 6.45) is -3.95. The summed E-state index contributed by atoms with van der Waals surface area (Å²) >= 11 is 0. The number of hydrogen-bond donors (Lipinski definition) is 3. The van der Waals surface area contributed by atoms with E-state index in [0.717, 1.165) is 12.1 Å². The minimum absolute atomic E-state index is 0.123. The van der Waals surface area contributed by atoms with Gasteiger partial charge in [0.2, 0.25) is 0 Å². The molecule has 1 saturated heterocycles. The van der Waals surface area contributed by atoms with Crippen LogP contribution in [-0.2, 0) is 6.18 Å². The van der Waals surface area contributed by atoms with Gasteiger partial charge in [-0.2, -0.15) is 13.2 Å². The number of quaternary nitrogens is 1. The molecule has 18 heavy (non-hydrogen) atoms. The van der Waals surface area contributed by atoms with Crippen LogP contribution in [0.25, 0.3) is 0 Å². The van der Waals surface area contributed by atoms with Gasteiger partial charge in [-0.25, -0.2) is 0 Å². The predicted octanol–water partition coefficient (Wildman–Crippen LogP) is 0.785. The van der Waals surface area contributed by atoms with E-state index in [9.17, 15) is 23.4 Å². The first-order valence-electron chi connectivity index (χ1n) is 5.73. The Morgan fingerprint density at radius 3 is 2.28 bits per heavy atom. The van der Waals surface area contributed by atoms with Crippen molar-refractivity contribution < 1.29 is 28.7 Å². The van der Waals surface area contributed by atoms with E-state index >= 15 is 0 Å². The highest BCUT2D eigenvalue weighted by Gasteiger charge is 2.36. The van der Waals surface area contributed by atoms with Crippen molar-refractivity contribution in [1.29, 1.82) is 0 Å². The van der Waals surface area contributed by atoms with Gasteiger partial charge in [-0.3, -0.25) is 0 Å². The third-order valence-corrected chi connectivity index (χ3v) is 3.21. The molecule has 1 fully saturated rings. The largest absolute Gasteiger partial charge is 0.416 e. The van der Waals surface area contributed by atoms with Crippen molar-refractivity contribution in [3.8, 4) is 0 Å². The number of alkyl halides is 3. The fourth-order valence-electron chi connectivity index (χ4n) is 2.23. The molecule has 2 rings (SSSR count). The van der Waals surface area contributed by atoms with Crippen molar-refractivity contribution in [2.45, 2.75) is 30.8 Å². The van der Waals surface area contributed by atoms with Gasteiger partial charge < -0.3 is 15.5 Å². The van der Waals surface area contributed by atoms with E-state index in [1.165, 1.54) is 12.1 Å². The van der Waals surface area contributed by atoms with Crippen LogP contribution in [0.4, 0.5) is 13.2 Å². The van der Waals surface area contributed by atoms with E-state index in [-0.39, 0.29) is 18.9 Å². The molecule has 0 saturated carbocycles. The fraction of sp³-hybridized carbons (Fsp3) is 0.500. The number of halogens is 3. The number of piperidine rings is 1. The summed E-state index contributed by atoms with van der Waals surface area (Å²) in [5, 5.41) is 21.0. The first-order valence-corrected chi connectivity index (χ1v) is 5.73. The summed E-state index contributed by atoms with van der Waals surface area (Å²) in [6.45, 7) is 0.540. The first kappa shape index (κ1) is 13.3. The molecule has 1 aliphatic rings. The van der Waals surface area contributed by atoms with Crippen LogP contribution >= 0.6 is 0 Å². The lowest BCUT2D eigenvalue weighted by atomic mass is 9.92. The Hall–Kier alpha value is -1.11. The molecule has 1 unspecified atom stereocenters. The summed E-state index contributed by atoms with van der Waals surface area (Å²) in [7, 11) is 0. The van der Waals surface area contributed by atoms with E-state index in [1.54, 1.807) is 0 Å². The molecule has 0 aliphatic carbocycles. The first-order chi connectivity index (χ1) is 8.28. The van der Waals surface area contributed by atoms with Gasteiger partial charge in [0, 0.05) is 5.56 Å². The van der Waals surface area contributed by atoms with Gasteiger partial charge in [0.1, 0.15) is 6.04 Å². The summed E-state index contributed by atoms with van der Waals surface area (Å²) in [5.41, 5.74) is -0.0171. The molecule has 3 nitrogen and oxygen atoms in total. The maximum Gasteiger partial charge on any atom is 0.416 e. The molecule has 1 aromatic rings. The highest BCUT2D eigenvalue weighted by atomic mass is 19.4. The Bertz CT molecular complexity index is 414. The Balaban J connectivity index is 2.15. The smallest absolute Gasteiger partial charge is 0.365 e. The van der Waals surface area contributed by atoms with E-state index in [4.69, 9.17) is 0 Å². The SMILES string of the molecule is OC1(O)CC[NH2+]C(c2ccc(C(F)(F)F)cc2)C1. The van der Waals surface area contributed by atoms with Crippen LogP contribution in [0, 0.1) is 0 Å². The third-order valence-electron chi connectivity index (χ3n) is 3.21. The Morgan fingerprint density at radius 2 is 1.78 bits per heavy atom. The summed E-state index contributed by atoms with van der Waals surface area (Å²) in [4.78, 5) is 0. The Labute approximate surface area is 102 Å². The second kappa shape index (κ2) is 4.53. The van der Waals surface area contributed by atoms with Gasteiger partial charge in [-0.15, -0.1) is 0 Å². The number of aliphatic hydroxyl groups is 2. The molecule has 0 spiro atoms. The lowest BCUT2D eigenvalue weighted by Crippen LogP contribution is -2.88. The summed E-state index contributed by atoms with van der Waals surface area (Å²) in [5.74, 6) is -1.72. The Kier molecular flexibility index (Phi) is 3.35. The fourth-order valence-corrected chi connectivity index (χ4v) is 2.23. The highest BCUT2D eigenvalue weighted by Crippen LogP contribution is 2.31. The van der Waals surface area contributed by atoms with Crippen LogP contribution in [0.1, 0.15) is 30.0 Å². The maximum atomic E-state index is 12.4. The van der Waals surface area contributed by atoms with Crippen molar-refractivity contribution in [3.63, 3.8) is 0 Å². The predicted molar refractivity (Wildman–Crippen MR) is 57.4 cm³/mol. The molecule has 0 radical (unpaired) electrons. The molecule has 0 aromatic heterocycles. The zero-order valence-corrected chi connectivity index (χ0v) is 9.61.